The molecule has 4 aromatic rings. The van der Waals surface area contributed by atoms with Crippen molar-refractivity contribution in [3.8, 4) is 11.6 Å². The van der Waals surface area contributed by atoms with Gasteiger partial charge < -0.3 is 15.8 Å². The zero-order valence-electron chi connectivity index (χ0n) is 13.7. The summed E-state index contributed by atoms with van der Waals surface area (Å²) in [4.78, 5) is 16.7. The molecule has 0 amide bonds. The van der Waals surface area contributed by atoms with Crippen LogP contribution in [0.1, 0.15) is 0 Å². The number of nitrogens with zero attached hydrogens (tertiary/aromatic N) is 4. The Kier molecular flexibility index (Phi) is 4.74. The van der Waals surface area contributed by atoms with E-state index in [-0.39, 0.29) is 11.6 Å². The van der Waals surface area contributed by atoms with Crippen molar-refractivity contribution in [1.29, 1.82) is 0 Å². The monoisotopic (exact) mass is 442 g/mol. The molecule has 0 aliphatic heterocycles. The summed E-state index contributed by atoms with van der Waals surface area (Å²) in [7, 11) is 0. The first-order chi connectivity index (χ1) is 13.1. The number of hydrogen-bond acceptors (Lipinski definition) is 7. The molecule has 3 aromatic heterocycles. The smallest absolute Gasteiger partial charge is 0.248 e. The Hall–Kier alpha value is -2.97. The van der Waals surface area contributed by atoms with Crippen molar-refractivity contribution >= 4 is 55.6 Å². The predicted molar refractivity (Wildman–Crippen MR) is 108 cm³/mol. The number of nitrogens with two attached hydrogens (primary N) is 1. The molecule has 0 saturated heterocycles. The van der Waals surface area contributed by atoms with Gasteiger partial charge in [0.2, 0.25) is 5.88 Å². The highest BCUT2D eigenvalue weighted by Gasteiger charge is 2.14. The minimum Gasteiger partial charge on any atom is -0.435 e. The van der Waals surface area contributed by atoms with Crippen molar-refractivity contribution < 1.29 is 4.74 Å². The number of pyridine rings is 2. The Bertz CT molecular complexity index is 1140. The van der Waals surface area contributed by atoms with Crippen LogP contribution in [-0.2, 0) is 0 Å². The van der Waals surface area contributed by atoms with Crippen LogP contribution in [0.5, 0.6) is 11.6 Å². The summed E-state index contributed by atoms with van der Waals surface area (Å²) in [5.41, 5.74) is 7.70. The van der Waals surface area contributed by atoms with E-state index in [1.165, 1.54) is 6.33 Å². The average molecular weight is 444 g/mol. The molecule has 3 N–H and O–H groups in total. The number of halogens is 2. The van der Waals surface area contributed by atoms with Gasteiger partial charge in [0.05, 0.1) is 5.69 Å². The number of hydrogen-bond donors (Lipinski definition) is 2. The predicted octanol–water partition coefficient (Wildman–Crippen LogP) is 4.95. The zero-order valence-corrected chi connectivity index (χ0v) is 16.1. The highest BCUT2D eigenvalue weighted by atomic mass is 79.9. The lowest BCUT2D eigenvalue weighted by molar-refractivity contribution is 0.469. The van der Waals surface area contributed by atoms with Gasteiger partial charge in [-0.15, -0.1) is 0 Å². The lowest BCUT2D eigenvalue weighted by Crippen LogP contribution is -2.04. The maximum Gasteiger partial charge on any atom is 0.248 e. The van der Waals surface area contributed by atoms with Crippen LogP contribution >= 0.6 is 27.5 Å². The van der Waals surface area contributed by atoms with E-state index in [0.29, 0.717) is 27.9 Å². The van der Waals surface area contributed by atoms with E-state index in [4.69, 9.17) is 22.1 Å². The summed E-state index contributed by atoms with van der Waals surface area (Å²) in [6, 6.07) is 11.0. The summed E-state index contributed by atoms with van der Waals surface area (Å²) in [5.74, 6) is 1.11. The third kappa shape index (κ3) is 3.49. The van der Waals surface area contributed by atoms with E-state index in [1.807, 2.05) is 18.2 Å². The van der Waals surface area contributed by atoms with Crippen molar-refractivity contribution in [3.05, 3.63) is 64.7 Å². The molecule has 4 rings (SSSR count). The minimum absolute atomic E-state index is 0.210. The minimum atomic E-state index is 0.210. The van der Waals surface area contributed by atoms with Gasteiger partial charge in [0.25, 0.3) is 0 Å². The molecule has 0 bridgehead atoms. The van der Waals surface area contributed by atoms with Crippen LogP contribution in [-0.4, -0.2) is 19.9 Å². The van der Waals surface area contributed by atoms with Gasteiger partial charge >= 0.3 is 0 Å². The number of ether oxygens (including phenoxy) is 1. The first-order valence-corrected chi connectivity index (χ1v) is 8.99. The lowest BCUT2D eigenvalue weighted by Gasteiger charge is -2.13. The van der Waals surface area contributed by atoms with E-state index < -0.39 is 0 Å². The van der Waals surface area contributed by atoms with Gasteiger partial charge in [-0.05, 0) is 30.3 Å². The third-order valence-electron chi connectivity index (χ3n) is 3.75. The lowest BCUT2D eigenvalue weighted by atomic mass is 10.2. The average Bonchev–Trinajstić information content (AvgIpc) is 2.69. The Labute approximate surface area is 167 Å². The number of benzene rings is 1. The standard InChI is InChI=1S/C18H12BrClN6O/c19-11-5-6-13(15-10(11)3-1-7-22-15)27-18-14(21)17(24-9-25-18)26-12-4-2-8-23-16(12)20/h1-9H,21H2,(H,24,25,26). The topological polar surface area (TPSA) is 98.8 Å². The molecule has 9 heteroatoms. The molecule has 0 radical (unpaired) electrons. The molecule has 0 saturated carbocycles. The highest BCUT2D eigenvalue weighted by Crippen LogP contribution is 2.36. The summed E-state index contributed by atoms with van der Waals surface area (Å²) in [5, 5.41) is 4.27. The normalized spacial score (nSPS) is 10.7. The van der Waals surface area contributed by atoms with Crippen LogP contribution in [0.3, 0.4) is 0 Å². The quantitative estimate of drug-likeness (QED) is 0.430. The van der Waals surface area contributed by atoms with Gasteiger partial charge in [-0.1, -0.05) is 33.6 Å². The number of nitrogens with one attached hydrogen (secondary N) is 1. The van der Waals surface area contributed by atoms with E-state index in [2.05, 4.69) is 41.2 Å². The fraction of sp³-hybridized carbons (Fsp3) is 0. The SMILES string of the molecule is Nc1c(Nc2cccnc2Cl)ncnc1Oc1ccc(Br)c2cccnc12. The molecule has 0 spiro atoms. The first kappa shape index (κ1) is 17.4. The number of fused-ring (bicyclic) bond motifs is 1. The molecule has 3 heterocycles. The van der Waals surface area contributed by atoms with Crippen LogP contribution in [0, 0.1) is 0 Å². The number of nitrogen functional groups attached to an aromatic ring is 1. The Morgan fingerprint density at radius 3 is 2.67 bits per heavy atom. The van der Waals surface area contributed by atoms with Crippen molar-refractivity contribution in [2.45, 2.75) is 0 Å². The summed E-state index contributed by atoms with van der Waals surface area (Å²) < 4.78 is 6.86. The van der Waals surface area contributed by atoms with Gasteiger partial charge in [-0.25, -0.2) is 9.97 Å². The second-order valence-corrected chi connectivity index (χ2v) is 6.67. The third-order valence-corrected chi connectivity index (χ3v) is 4.74. The molecule has 27 heavy (non-hydrogen) atoms. The molecule has 7 nitrogen and oxygen atoms in total. The van der Waals surface area contributed by atoms with Crippen LogP contribution in [0.15, 0.2) is 59.6 Å². The fourth-order valence-electron chi connectivity index (χ4n) is 2.47. The number of aromatic nitrogens is 4. The molecular formula is C18H12BrClN6O. The van der Waals surface area contributed by atoms with E-state index >= 15 is 0 Å². The van der Waals surface area contributed by atoms with E-state index in [0.717, 1.165) is 9.86 Å². The second kappa shape index (κ2) is 7.34. The Balaban J connectivity index is 1.70. The molecular weight excluding hydrogens is 432 g/mol. The zero-order chi connectivity index (χ0) is 18.8. The summed E-state index contributed by atoms with van der Waals surface area (Å²) >= 11 is 9.59. The summed E-state index contributed by atoms with van der Waals surface area (Å²) in [6.45, 7) is 0. The van der Waals surface area contributed by atoms with E-state index in [1.54, 1.807) is 30.6 Å². The summed E-state index contributed by atoms with van der Waals surface area (Å²) in [6.07, 6.45) is 4.65. The molecule has 134 valence electrons. The van der Waals surface area contributed by atoms with Crippen LogP contribution in [0.2, 0.25) is 5.15 Å². The molecule has 1 aromatic carbocycles. The molecule has 0 aliphatic carbocycles. The maximum absolute atomic E-state index is 6.20. The van der Waals surface area contributed by atoms with Gasteiger partial charge in [0.1, 0.15) is 17.5 Å². The van der Waals surface area contributed by atoms with Gasteiger partial charge in [0.15, 0.2) is 16.7 Å². The molecule has 0 unspecified atom stereocenters. The first-order valence-electron chi connectivity index (χ1n) is 7.82. The molecule has 0 fully saturated rings. The van der Waals surface area contributed by atoms with Crippen molar-refractivity contribution in [3.63, 3.8) is 0 Å². The molecule has 0 atom stereocenters. The number of rotatable bonds is 4. The molecule has 0 aliphatic rings. The van der Waals surface area contributed by atoms with Crippen LogP contribution < -0.4 is 15.8 Å². The van der Waals surface area contributed by atoms with Crippen molar-refractivity contribution in [1.82, 2.24) is 19.9 Å². The largest absolute Gasteiger partial charge is 0.435 e. The fourth-order valence-corrected chi connectivity index (χ4v) is 3.08. The maximum atomic E-state index is 6.20. The highest BCUT2D eigenvalue weighted by molar-refractivity contribution is 9.10. The second-order valence-electron chi connectivity index (χ2n) is 5.46. The van der Waals surface area contributed by atoms with Crippen molar-refractivity contribution in [2.24, 2.45) is 0 Å². The van der Waals surface area contributed by atoms with Crippen LogP contribution in [0.25, 0.3) is 10.9 Å². The number of anilines is 3. The Morgan fingerprint density at radius 1 is 1.00 bits per heavy atom. The van der Waals surface area contributed by atoms with Gasteiger partial charge in [-0.2, -0.15) is 4.98 Å². The Morgan fingerprint density at radius 2 is 1.81 bits per heavy atom. The van der Waals surface area contributed by atoms with E-state index in [9.17, 15) is 0 Å². The van der Waals surface area contributed by atoms with Crippen LogP contribution in [0.4, 0.5) is 17.2 Å². The van der Waals surface area contributed by atoms with Gasteiger partial charge in [0, 0.05) is 22.3 Å². The van der Waals surface area contributed by atoms with Crippen molar-refractivity contribution in [2.75, 3.05) is 11.1 Å². The van der Waals surface area contributed by atoms with Gasteiger partial charge in [-0.3, -0.25) is 4.98 Å².